The van der Waals surface area contributed by atoms with E-state index >= 15 is 0 Å². The van der Waals surface area contributed by atoms with Gasteiger partial charge in [-0.2, -0.15) is 0 Å². The number of aliphatic carboxylic acids is 1. The Labute approximate surface area is 154 Å². The van der Waals surface area contributed by atoms with Crippen LogP contribution in [0.1, 0.15) is 21.8 Å². The van der Waals surface area contributed by atoms with Crippen molar-refractivity contribution in [1.29, 1.82) is 0 Å². The highest BCUT2D eigenvalue weighted by molar-refractivity contribution is 5.94. The van der Waals surface area contributed by atoms with E-state index in [2.05, 4.69) is 15.3 Å². The maximum Gasteiger partial charge on any atom is 0.308 e. The first kappa shape index (κ1) is 17.1. The van der Waals surface area contributed by atoms with Gasteiger partial charge in [0.25, 0.3) is 5.91 Å². The highest BCUT2D eigenvalue weighted by Gasteiger charge is 2.41. The van der Waals surface area contributed by atoms with E-state index in [1.54, 1.807) is 19.2 Å². The number of ether oxygens (including phenoxy) is 2. The van der Waals surface area contributed by atoms with E-state index in [9.17, 15) is 14.7 Å². The smallest absolute Gasteiger partial charge is 0.308 e. The third-order valence-electron chi connectivity index (χ3n) is 4.87. The molecule has 0 bridgehead atoms. The Balaban J connectivity index is 1.58. The second-order valence-electron chi connectivity index (χ2n) is 6.42. The number of rotatable bonds is 4. The number of nitrogens with zero attached hydrogens (tertiary/aromatic N) is 3. The Bertz CT molecular complexity index is 886. The number of carbonyl (C=O) groups excluding carboxylic acids is 1. The SMILES string of the molecule is CNc1ncc(C(=O)N2C[C@H](C(=O)O)[C@@H](c3ccc4c(c3)OCO4)C2)cn1. The molecule has 2 aliphatic heterocycles. The van der Waals surface area contributed by atoms with Gasteiger partial charge >= 0.3 is 5.97 Å². The van der Waals surface area contributed by atoms with Crippen LogP contribution >= 0.6 is 0 Å². The van der Waals surface area contributed by atoms with Crippen molar-refractivity contribution in [2.24, 2.45) is 5.92 Å². The summed E-state index contributed by atoms with van der Waals surface area (Å²) in [6.45, 7) is 0.573. The number of likely N-dealkylation sites (tertiary alicyclic amines) is 1. The van der Waals surface area contributed by atoms with Crippen LogP contribution in [-0.2, 0) is 4.79 Å². The van der Waals surface area contributed by atoms with E-state index in [4.69, 9.17) is 9.47 Å². The molecule has 140 valence electrons. The van der Waals surface area contributed by atoms with Gasteiger partial charge in [-0.3, -0.25) is 9.59 Å². The topological polar surface area (TPSA) is 114 Å². The van der Waals surface area contributed by atoms with Crippen LogP contribution in [0.4, 0.5) is 5.95 Å². The summed E-state index contributed by atoms with van der Waals surface area (Å²) in [7, 11) is 1.69. The fourth-order valence-electron chi connectivity index (χ4n) is 3.45. The lowest BCUT2D eigenvalue weighted by Gasteiger charge is -2.16. The monoisotopic (exact) mass is 370 g/mol. The average Bonchev–Trinajstić information content (AvgIpc) is 3.34. The van der Waals surface area contributed by atoms with Gasteiger partial charge in [-0.25, -0.2) is 9.97 Å². The van der Waals surface area contributed by atoms with Crippen molar-refractivity contribution >= 4 is 17.8 Å². The summed E-state index contributed by atoms with van der Waals surface area (Å²) in [5, 5.41) is 12.4. The molecule has 27 heavy (non-hydrogen) atoms. The van der Waals surface area contributed by atoms with Crippen LogP contribution in [0, 0.1) is 5.92 Å². The molecule has 2 atom stereocenters. The molecule has 0 spiro atoms. The van der Waals surface area contributed by atoms with Gasteiger partial charge < -0.3 is 24.8 Å². The van der Waals surface area contributed by atoms with Gasteiger partial charge in [0.05, 0.1) is 11.5 Å². The molecule has 3 heterocycles. The average molecular weight is 370 g/mol. The van der Waals surface area contributed by atoms with E-state index in [1.807, 2.05) is 6.07 Å². The van der Waals surface area contributed by atoms with Crippen LogP contribution in [-0.4, -0.2) is 58.8 Å². The molecule has 1 aromatic heterocycles. The number of carboxylic acid groups (broad SMARTS) is 1. The summed E-state index contributed by atoms with van der Waals surface area (Å²) < 4.78 is 10.7. The number of carbonyl (C=O) groups is 2. The number of fused-ring (bicyclic) bond motifs is 1. The standard InChI is InChI=1S/C18H18N4O5/c1-19-18-20-5-11(6-21-18)16(23)22-7-12(13(8-22)17(24)25)10-2-3-14-15(4-10)27-9-26-14/h2-6,12-13H,7-9H2,1H3,(H,24,25)(H,19,20,21)/t12-,13+/m1/s1. The molecule has 0 radical (unpaired) electrons. The molecule has 2 aliphatic rings. The molecule has 1 saturated heterocycles. The van der Waals surface area contributed by atoms with Crippen molar-refractivity contribution < 1.29 is 24.2 Å². The number of amides is 1. The molecule has 4 rings (SSSR count). The molecule has 2 aromatic rings. The summed E-state index contributed by atoms with van der Waals surface area (Å²) in [5.41, 5.74) is 1.13. The fraction of sp³-hybridized carbons (Fsp3) is 0.333. The summed E-state index contributed by atoms with van der Waals surface area (Å²) in [6, 6.07) is 5.39. The van der Waals surface area contributed by atoms with Crippen molar-refractivity contribution in [2.45, 2.75) is 5.92 Å². The second-order valence-corrected chi connectivity index (χ2v) is 6.42. The van der Waals surface area contributed by atoms with Crippen LogP contribution in [0.15, 0.2) is 30.6 Å². The van der Waals surface area contributed by atoms with Crippen molar-refractivity contribution in [3.05, 3.63) is 41.7 Å². The number of anilines is 1. The van der Waals surface area contributed by atoms with Crippen molar-refractivity contribution in [1.82, 2.24) is 14.9 Å². The molecule has 0 aliphatic carbocycles. The third kappa shape index (κ3) is 3.12. The quantitative estimate of drug-likeness (QED) is 0.825. The van der Waals surface area contributed by atoms with Crippen LogP contribution < -0.4 is 14.8 Å². The van der Waals surface area contributed by atoms with E-state index in [0.717, 1.165) is 5.56 Å². The molecule has 2 N–H and O–H groups in total. The van der Waals surface area contributed by atoms with Gasteiger partial charge in [0.15, 0.2) is 11.5 Å². The van der Waals surface area contributed by atoms with Gasteiger partial charge in [-0.15, -0.1) is 0 Å². The summed E-state index contributed by atoms with van der Waals surface area (Å²) >= 11 is 0. The van der Waals surface area contributed by atoms with Crippen molar-refractivity contribution in [3.63, 3.8) is 0 Å². The van der Waals surface area contributed by atoms with Gasteiger partial charge in [-0.05, 0) is 17.7 Å². The number of carboxylic acids is 1. The lowest BCUT2D eigenvalue weighted by atomic mass is 9.89. The summed E-state index contributed by atoms with van der Waals surface area (Å²) in [5.74, 6) is -0.613. The van der Waals surface area contributed by atoms with Gasteiger partial charge in [0, 0.05) is 38.4 Å². The number of aromatic nitrogens is 2. The van der Waals surface area contributed by atoms with Crippen LogP contribution in [0.5, 0.6) is 11.5 Å². The van der Waals surface area contributed by atoms with Crippen molar-refractivity contribution in [2.75, 3.05) is 32.2 Å². The molecular formula is C18H18N4O5. The van der Waals surface area contributed by atoms with Crippen LogP contribution in [0.3, 0.4) is 0 Å². The molecule has 1 aromatic carbocycles. The van der Waals surface area contributed by atoms with Crippen LogP contribution in [0.2, 0.25) is 0 Å². The minimum Gasteiger partial charge on any atom is -0.481 e. The number of nitrogens with one attached hydrogen (secondary N) is 1. The normalized spacial score (nSPS) is 20.6. The first-order valence-electron chi connectivity index (χ1n) is 8.48. The molecule has 0 unspecified atom stereocenters. The Morgan fingerprint density at radius 3 is 2.63 bits per heavy atom. The summed E-state index contributed by atoms with van der Waals surface area (Å²) in [4.78, 5) is 34.2. The Kier molecular flexibility index (Phi) is 4.27. The lowest BCUT2D eigenvalue weighted by molar-refractivity contribution is -0.141. The zero-order valence-corrected chi connectivity index (χ0v) is 14.6. The molecule has 1 amide bonds. The van der Waals surface area contributed by atoms with Gasteiger partial charge in [-0.1, -0.05) is 6.07 Å². The Morgan fingerprint density at radius 2 is 1.93 bits per heavy atom. The Hall–Kier alpha value is -3.36. The van der Waals surface area contributed by atoms with E-state index < -0.39 is 11.9 Å². The lowest BCUT2D eigenvalue weighted by Crippen LogP contribution is -2.30. The minimum absolute atomic E-state index is 0.126. The molecule has 9 heteroatoms. The predicted molar refractivity (Wildman–Crippen MR) is 93.9 cm³/mol. The zero-order valence-electron chi connectivity index (χ0n) is 14.6. The molecule has 1 fully saturated rings. The molecular weight excluding hydrogens is 352 g/mol. The van der Waals surface area contributed by atoms with Gasteiger partial charge in [0.2, 0.25) is 12.7 Å². The van der Waals surface area contributed by atoms with Gasteiger partial charge in [0.1, 0.15) is 0 Å². The molecule has 0 saturated carbocycles. The Morgan fingerprint density at radius 1 is 1.19 bits per heavy atom. The number of benzene rings is 1. The predicted octanol–water partition coefficient (Wildman–Crippen LogP) is 1.19. The first-order valence-corrected chi connectivity index (χ1v) is 8.48. The fourth-order valence-corrected chi connectivity index (χ4v) is 3.45. The number of hydrogen-bond donors (Lipinski definition) is 2. The maximum atomic E-state index is 12.8. The summed E-state index contributed by atoms with van der Waals surface area (Å²) in [6.07, 6.45) is 2.87. The second kappa shape index (κ2) is 6.75. The first-order chi connectivity index (χ1) is 13.1. The van der Waals surface area contributed by atoms with E-state index in [0.29, 0.717) is 29.6 Å². The zero-order chi connectivity index (χ0) is 19.0. The third-order valence-corrected chi connectivity index (χ3v) is 4.87. The van der Waals surface area contributed by atoms with Crippen LogP contribution in [0.25, 0.3) is 0 Å². The van der Waals surface area contributed by atoms with Crippen molar-refractivity contribution in [3.8, 4) is 11.5 Å². The number of hydrogen-bond acceptors (Lipinski definition) is 7. The highest BCUT2D eigenvalue weighted by Crippen LogP contribution is 2.39. The maximum absolute atomic E-state index is 12.8. The molecule has 9 nitrogen and oxygen atoms in total. The van der Waals surface area contributed by atoms with E-state index in [-0.39, 0.29) is 25.2 Å². The largest absolute Gasteiger partial charge is 0.481 e. The minimum atomic E-state index is -0.935. The highest BCUT2D eigenvalue weighted by atomic mass is 16.7. The van der Waals surface area contributed by atoms with E-state index in [1.165, 1.54) is 17.3 Å².